The molecule has 1 saturated heterocycles. The number of halogens is 1. The van der Waals surface area contributed by atoms with E-state index in [4.69, 9.17) is 4.52 Å². The van der Waals surface area contributed by atoms with Crippen molar-refractivity contribution in [1.82, 2.24) is 15.5 Å². The van der Waals surface area contributed by atoms with Gasteiger partial charge in [0.05, 0.1) is 17.0 Å². The molecule has 22 heavy (non-hydrogen) atoms. The minimum Gasteiger partial charge on any atom is -0.392 e. The molecule has 2 heterocycles. The van der Waals surface area contributed by atoms with E-state index in [9.17, 15) is 17.9 Å². The van der Waals surface area contributed by atoms with Crippen LogP contribution in [0.25, 0.3) is 0 Å². The van der Waals surface area contributed by atoms with Gasteiger partial charge < -0.3 is 14.9 Å². The lowest BCUT2D eigenvalue weighted by Crippen LogP contribution is -2.15. The van der Waals surface area contributed by atoms with Crippen LogP contribution in [0.3, 0.4) is 0 Å². The fraction of sp³-hybridized carbons (Fsp3) is 0.385. The Hall–Kier alpha value is -1.84. The largest absolute Gasteiger partial charge is 0.392 e. The smallest absolute Gasteiger partial charge is 0.243 e. The number of aliphatic hydroxyl groups excluding tert-OH is 1. The third kappa shape index (κ3) is 3.16. The zero-order chi connectivity index (χ0) is 15.7. The summed E-state index contributed by atoms with van der Waals surface area (Å²) in [6.45, 7) is 0.427. The Morgan fingerprint density at radius 2 is 2.09 bits per heavy atom. The number of hydrogen-bond acceptors (Lipinski definition) is 7. The summed E-state index contributed by atoms with van der Waals surface area (Å²) in [5.74, 6) is -0.660. The molecule has 1 aliphatic rings. The normalized spacial score (nSPS) is 22.1. The summed E-state index contributed by atoms with van der Waals surface area (Å²) in [6.07, 6.45) is -0.0462. The molecule has 0 aliphatic carbocycles. The molecule has 2 aromatic rings. The average Bonchev–Trinajstić information content (AvgIpc) is 3.08. The summed E-state index contributed by atoms with van der Waals surface area (Å²) in [4.78, 5) is 4.05. The van der Waals surface area contributed by atoms with Crippen LogP contribution in [-0.2, 0) is 15.6 Å². The number of hydrogen-bond donors (Lipinski definition) is 2. The molecular formula is C13H14FN3O4S. The lowest BCUT2D eigenvalue weighted by Gasteiger charge is -2.02. The minimum atomic E-state index is -3.67. The molecule has 2 atom stereocenters. The van der Waals surface area contributed by atoms with E-state index in [1.165, 1.54) is 12.1 Å². The van der Waals surface area contributed by atoms with E-state index in [2.05, 4.69) is 15.5 Å². The van der Waals surface area contributed by atoms with Crippen molar-refractivity contribution in [3.8, 4) is 0 Å². The number of aliphatic hydroxyl groups is 1. The molecule has 0 saturated carbocycles. The van der Waals surface area contributed by atoms with Crippen molar-refractivity contribution in [2.45, 2.75) is 29.2 Å². The van der Waals surface area contributed by atoms with Crippen molar-refractivity contribution >= 4 is 9.84 Å². The first-order valence-electron chi connectivity index (χ1n) is 6.66. The molecule has 3 rings (SSSR count). The summed E-state index contributed by atoms with van der Waals surface area (Å²) in [7, 11) is -3.67. The van der Waals surface area contributed by atoms with Crippen LogP contribution in [0.2, 0.25) is 0 Å². The van der Waals surface area contributed by atoms with E-state index in [1.54, 1.807) is 0 Å². The Morgan fingerprint density at radius 1 is 1.36 bits per heavy atom. The zero-order valence-corrected chi connectivity index (χ0v) is 12.3. The Bertz CT molecular complexity index is 760. The van der Waals surface area contributed by atoms with Crippen molar-refractivity contribution in [2.75, 3.05) is 6.54 Å². The van der Waals surface area contributed by atoms with Gasteiger partial charge >= 0.3 is 0 Å². The molecule has 1 fully saturated rings. The van der Waals surface area contributed by atoms with Gasteiger partial charge in [-0.25, -0.2) is 12.8 Å². The molecule has 0 bridgehead atoms. The third-order valence-electron chi connectivity index (χ3n) is 3.38. The number of rotatable bonds is 4. The van der Waals surface area contributed by atoms with Crippen LogP contribution < -0.4 is 5.32 Å². The third-order valence-corrected chi connectivity index (χ3v) is 5.01. The molecule has 1 aromatic heterocycles. The second-order valence-electron chi connectivity index (χ2n) is 5.11. The molecule has 118 valence electrons. The number of nitrogens with one attached hydrogen (secondary N) is 1. The lowest BCUT2D eigenvalue weighted by molar-refractivity contribution is 0.191. The van der Waals surface area contributed by atoms with Gasteiger partial charge in [0.2, 0.25) is 5.89 Å². The highest BCUT2D eigenvalue weighted by molar-refractivity contribution is 7.90. The summed E-state index contributed by atoms with van der Waals surface area (Å²) in [6, 6.07) is 4.28. The van der Waals surface area contributed by atoms with Gasteiger partial charge in [0.25, 0.3) is 0 Å². The van der Waals surface area contributed by atoms with Crippen molar-refractivity contribution < 1.29 is 22.4 Å². The van der Waals surface area contributed by atoms with Crippen LogP contribution in [0.15, 0.2) is 33.7 Å². The van der Waals surface area contributed by atoms with E-state index in [-0.39, 0.29) is 22.7 Å². The van der Waals surface area contributed by atoms with E-state index in [1.807, 2.05) is 0 Å². The SMILES string of the molecule is O=S(=O)(Cc1noc([C@@H]2C[C@@H](O)CN2)n1)c1ccc(F)cc1. The molecule has 0 unspecified atom stereocenters. The Kier molecular flexibility index (Phi) is 3.94. The van der Waals surface area contributed by atoms with E-state index in [0.29, 0.717) is 13.0 Å². The Morgan fingerprint density at radius 3 is 2.73 bits per heavy atom. The predicted molar refractivity (Wildman–Crippen MR) is 73.0 cm³/mol. The van der Waals surface area contributed by atoms with Gasteiger partial charge in [0.1, 0.15) is 11.6 Å². The van der Waals surface area contributed by atoms with Gasteiger partial charge in [-0.3, -0.25) is 0 Å². The minimum absolute atomic E-state index is 0.00494. The van der Waals surface area contributed by atoms with Gasteiger partial charge in [-0.05, 0) is 30.7 Å². The first kappa shape index (κ1) is 15.1. The van der Waals surface area contributed by atoms with Gasteiger partial charge in [-0.15, -0.1) is 0 Å². The van der Waals surface area contributed by atoms with Crippen LogP contribution in [-0.4, -0.2) is 36.3 Å². The van der Waals surface area contributed by atoms with Gasteiger partial charge in [0.15, 0.2) is 15.7 Å². The summed E-state index contributed by atoms with van der Waals surface area (Å²) in [5, 5.41) is 16.1. The second-order valence-corrected chi connectivity index (χ2v) is 7.10. The van der Waals surface area contributed by atoms with Crippen molar-refractivity contribution in [3.05, 3.63) is 41.8 Å². The number of benzene rings is 1. The molecule has 0 amide bonds. The van der Waals surface area contributed by atoms with Crippen molar-refractivity contribution in [3.63, 3.8) is 0 Å². The average molecular weight is 327 g/mol. The quantitative estimate of drug-likeness (QED) is 0.791. The van der Waals surface area contributed by atoms with Crippen molar-refractivity contribution in [2.24, 2.45) is 0 Å². The number of β-amino-alcohol motifs (C(OH)–C–C–N with tert-alkyl or cyclic N) is 1. The second kappa shape index (κ2) is 5.75. The zero-order valence-electron chi connectivity index (χ0n) is 11.4. The highest BCUT2D eigenvalue weighted by Crippen LogP contribution is 2.23. The first-order valence-corrected chi connectivity index (χ1v) is 8.31. The molecule has 7 nitrogen and oxygen atoms in total. The maximum absolute atomic E-state index is 12.8. The molecular weight excluding hydrogens is 313 g/mol. The highest BCUT2D eigenvalue weighted by Gasteiger charge is 2.29. The molecule has 1 aromatic carbocycles. The van der Waals surface area contributed by atoms with Gasteiger partial charge in [0, 0.05) is 6.54 Å². The molecule has 0 radical (unpaired) electrons. The molecule has 1 aliphatic heterocycles. The maximum Gasteiger partial charge on any atom is 0.243 e. The number of nitrogens with zero attached hydrogens (tertiary/aromatic N) is 2. The molecule has 2 N–H and O–H groups in total. The maximum atomic E-state index is 12.8. The van der Waals surface area contributed by atoms with E-state index in [0.717, 1.165) is 12.1 Å². The fourth-order valence-corrected chi connectivity index (χ4v) is 3.44. The van der Waals surface area contributed by atoms with E-state index >= 15 is 0 Å². The number of sulfone groups is 1. The van der Waals surface area contributed by atoms with Crippen LogP contribution >= 0.6 is 0 Å². The number of aromatic nitrogens is 2. The lowest BCUT2D eigenvalue weighted by atomic mass is 10.2. The Labute approximate surface area is 126 Å². The van der Waals surface area contributed by atoms with Crippen LogP contribution in [0.1, 0.15) is 24.2 Å². The first-order chi connectivity index (χ1) is 10.4. The molecule has 0 spiro atoms. The van der Waals surface area contributed by atoms with Crippen LogP contribution in [0, 0.1) is 5.82 Å². The standard InChI is InChI=1S/C13H14FN3O4S/c14-8-1-3-10(4-2-8)22(19,20)7-12-16-13(21-17-12)11-5-9(18)6-15-11/h1-4,9,11,15,18H,5-7H2/t9-,11+/m1/s1. The van der Waals surface area contributed by atoms with E-state index < -0.39 is 27.5 Å². The summed E-state index contributed by atoms with van der Waals surface area (Å²) < 4.78 is 42.3. The van der Waals surface area contributed by atoms with Gasteiger partial charge in [-0.2, -0.15) is 4.98 Å². The highest BCUT2D eigenvalue weighted by atomic mass is 32.2. The summed E-state index contributed by atoms with van der Waals surface area (Å²) in [5.41, 5.74) is 0. The topological polar surface area (TPSA) is 105 Å². The summed E-state index contributed by atoms with van der Waals surface area (Å²) >= 11 is 0. The van der Waals surface area contributed by atoms with Gasteiger partial charge in [-0.1, -0.05) is 5.16 Å². The fourth-order valence-electron chi connectivity index (χ4n) is 2.27. The monoisotopic (exact) mass is 327 g/mol. The van der Waals surface area contributed by atoms with Crippen molar-refractivity contribution in [1.29, 1.82) is 0 Å². The predicted octanol–water partition coefficient (Wildman–Crippen LogP) is 0.578. The Balaban J connectivity index is 1.75. The molecule has 9 heteroatoms. The van der Waals surface area contributed by atoms with Crippen LogP contribution in [0.4, 0.5) is 4.39 Å². The van der Waals surface area contributed by atoms with Crippen LogP contribution in [0.5, 0.6) is 0 Å².